The van der Waals surface area contributed by atoms with E-state index in [4.69, 9.17) is 14.2 Å². The molecule has 444 valence electrons. The molecular formula is C73H116O6. The Kier molecular flexibility index (Phi) is 61.4. The molecule has 0 aliphatic heterocycles. The van der Waals surface area contributed by atoms with E-state index >= 15 is 0 Å². The minimum Gasteiger partial charge on any atom is -0.462 e. The van der Waals surface area contributed by atoms with Gasteiger partial charge in [-0.1, -0.05) is 256 Å². The van der Waals surface area contributed by atoms with Crippen molar-refractivity contribution >= 4 is 17.9 Å². The van der Waals surface area contributed by atoms with Crippen molar-refractivity contribution in [2.24, 2.45) is 0 Å². The zero-order valence-corrected chi connectivity index (χ0v) is 50.8. The second-order valence-electron chi connectivity index (χ2n) is 20.5. The number of hydrogen-bond acceptors (Lipinski definition) is 6. The average Bonchev–Trinajstić information content (AvgIpc) is 3.45. The molecule has 1 atom stereocenters. The number of carbonyl (C=O) groups is 3. The van der Waals surface area contributed by atoms with Crippen molar-refractivity contribution in [1.29, 1.82) is 0 Å². The van der Waals surface area contributed by atoms with Crippen LogP contribution in [0.3, 0.4) is 0 Å². The van der Waals surface area contributed by atoms with E-state index in [1.807, 2.05) is 0 Å². The summed E-state index contributed by atoms with van der Waals surface area (Å²) in [4.78, 5) is 38.3. The highest BCUT2D eigenvalue weighted by molar-refractivity contribution is 5.71. The largest absolute Gasteiger partial charge is 0.462 e. The van der Waals surface area contributed by atoms with Gasteiger partial charge in [0.25, 0.3) is 0 Å². The lowest BCUT2D eigenvalue weighted by molar-refractivity contribution is -0.167. The van der Waals surface area contributed by atoms with Crippen LogP contribution in [-0.2, 0) is 28.6 Å². The highest BCUT2D eigenvalue weighted by Gasteiger charge is 2.19. The summed E-state index contributed by atoms with van der Waals surface area (Å²) in [7, 11) is 0. The molecule has 6 nitrogen and oxygen atoms in total. The maximum absolute atomic E-state index is 12.9. The average molecular weight is 1090 g/mol. The molecule has 0 radical (unpaired) electrons. The maximum atomic E-state index is 12.9. The second kappa shape index (κ2) is 65.5. The first kappa shape index (κ1) is 74.0. The van der Waals surface area contributed by atoms with Crippen molar-refractivity contribution in [3.63, 3.8) is 0 Å². The summed E-state index contributed by atoms with van der Waals surface area (Å²) in [5, 5.41) is 0. The van der Waals surface area contributed by atoms with Crippen molar-refractivity contribution in [2.75, 3.05) is 13.2 Å². The molecule has 1 unspecified atom stereocenters. The third-order valence-corrected chi connectivity index (χ3v) is 13.0. The Hall–Kier alpha value is -4.97. The molecule has 0 bridgehead atoms. The van der Waals surface area contributed by atoms with Crippen molar-refractivity contribution < 1.29 is 28.6 Å². The Morgan fingerprint density at radius 1 is 0.266 bits per heavy atom. The van der Waals surface area contributed by atoms with Crippen LogP contribution in [0.5, 0.6) is 0 Å². The molecule has 0 aromatic heterocycles. The number of carbonyl (C=O) groups excluding carboxylic acids is 3. The standard InChI is InChI=1S/C73H116O6/c1-4-7-10-13-16-19-22-25-27-29-31-33-34-35-36-37-38-40-41-43-45-48-51-54-57-60-63-66-72(75)78-69-70(68-77-71(74)65-62-59-56-53-50-47-24-21-18-15-12-9-6-3)79-73(76)67-64-61-58-55-52-49-46-44-42-39-32-30-28-26-23-20-17-14-11-8-5-2/h7-8,10-11,16-17,19-21,24-28,31-33,35-36,38-40,44,46,52,55,70H,4-6,9,12-15,18,22-23,29-30,34,37,41-43,45,47-51,53-54,56-69H2,1-3H3/b10-7-,11-8-,19-16-,20-17-,24-21-,27-25-,28-26-,33-31-,36-35-,39-32-,40-38-,46-44-,55-52-. The Morgan fingerprint density at radius 3 is 0.810 bits per heavy atom. The van der Waals surface area contributed by atoms with Gasteiger partial charge in [-0.2, -0.15) is 0 Å². The Morgan fingerprint density at radius 2 is 0.494 bits per heavy atom. The van der Waals surface area contributed by atoms with E-state index in [2.05, 4.69) is 179 Å². The monoisotopic (exact) mass is 1090 g/mol. The van der Waals surface area contributed by atoms with Crippen LogP contribution in [0.2, 0.25) is 0 Å². The van der Waals surface area contributed by atoms with Gasteiger partial charge in [0, 0.05) is 19.3 Å². The van der Waals surface area contributed by atoms with Crippen LogP contribution in [-0.4, -0.2) is 37.2 Å². The highest BCUT2D eigenvalue weighted by atomic mass is 16.6. The van der Waals surface area contributed by atoms with Gasteiger partial charge in [0.2, 0.25) is 0 Å². The molecule has 79 heavy (non-hydrogen) atoms. The zero-order valence-electron chi connectivity index (χ0n) is 50.8. The van der Waals surface area contributed by atoms with Crippen molar-refractivity contribution in [2.45, 2.75) is 271 Å². The van der Waals surface area contributed by atoms with E-state index < -0.39 is 6.10 Å². The minimum absolute atomic E-state index is 0.109. The lowest BCUT2D eigenvalue weighted by atomic mass is 10.1. The smallest absolute Gasteiger partial charge is 0.306 e. The minimum atomic E-state index is -0.817. The van der Waals surface area contributed by atoms with Gasteiger partial charge in [0.05, 0.1) is 0 Å². The zero-order chi connectivity index (χ0) is 57.1. The Balaban J connectivity index is 4.45. The van der Waals surface area contributed by atoms with Crippen LogP contribution in [0.1, 0.15) is 265 Å². The van der Waals surface area contributed by atoms with E-state index in [0.29, 0.717) is 19.3 Å². The topological polar surface area (TPSA) is 78.9 Å². The summed E-state index contributed by atoms with van der Waals surface area (Å²) in [6, 6.07) is 0. The Bertz CT molecular complexity index is 1780. The van der Waals surface area contributed by atoms with Crippen LogP contribution in [0.15, 0.2) is 158 Å². The molecule has 0 amide bonds. The van der Waals surface area contributed by atoms with Gasteiger partial charge < -0.3 is 14.2 Å². The first-order valence-electron chi connectivity index (χ1n) is 32.0. The molecule has 0 N–H and O–H groups in total. The maximum Gasteiger partial charge on any atom is 0.306 e. The van der Waals surface area contributed by atoms with Gasteiger partial charge in [-0.05, 0) is 148 Å². The third kappa shape index (κ3) is 63.7. The molecule has 0 aromatic rings. The first-order valence-corrected chi connectivity index (χ1v) is 32.0. The van der Waals surface area contributed by atoms with E-state index in [9.17, 15) is 14.4 Å². The third-order valence-electron chi connectivity index (χ3n) is 13.0. The van der Waals surface area contributed by atoms with E-state index in [0.717, 1.165) is 148 Å². The molecule has 0 saturated heterocycles. The van der Waals surface area contributed by atoms with Crippen LogP contribution >= 0.6 is 0 Å². The Labute approximate surface area is 486 Å². The van der Waals surface area contributed by atoms with Crippen LogP contribution in [0, 0.1) is 0 Å². The number of esters is 3. The van der Waals surface area contributed by atoms with E-state index in [1.165, 1.54) is 70.6 Å². The van der Waals surface area contributed by atoms with E-state index in [-0.39, 0.29) is 37.5 Å². The van der Waals surface area contributed by atoms with Crippen LogP contribution in [0.25, 0.3) is 0 Å². The fourth-order valence-electron chi connectivity index (χ4n) is 8.27. The molecule has 0 aromatic carbocycles. The van der Waals surface area contributed by atoms with Crippen LogP contribution < -0.4 is 0 Å². The van der Waals surface area contributed by atoms with Gasteiger partial charge in [-0.15, -0.1) is 0 Å². The quantitative estimate of drug-likeness (QED) is 0.0261. The van der Waals surface area contributed by atoms with Gasteiger partial charge in [0.15, 0.2) is 6.10 Å². The molecule has 0 aliphatic carbocycles. The van der Waals surface area contributed by atoms with Gasteiger partial charge in [-0.3, -0.25) is 14.4 Å². The molecule has 0 rings (SSSR count). The molecule has 0 heterocycles. The SMILES string of the molecule is CC/C=C\C/C=C\C/C=C\C/C=C\C/C=C\C/C=C\CCCCCCCCCCC(=O)OCC(COC(=O)CCCCCCC/C=C\CCCCCC)OC(=O)CCCC/C=C\C/C=C\C/C=C\C/C=C\C/C=C\C/C=C\CC. The lowest BCUT2D eigenvalue weighted by Crippen LogP contribution is -2.30. The summed E-state index contributed by atoms with van der Waals surface area (Å²) in [6.45, 7) is 6.34. The number of allylic oxidation sites excluding steroid dienone is 26. The molecule has 0 fully saturated rings. The first-order chi connectivity index (χ1) is 39.0. The van der Waals surface area contributed by atoms with Gasteiger partial charge in [-0.25, -0.2) is 0 Å². The summed E-state index contributed by atoms with van der Waals surface area (Å²) in [6.07, 6.45) is 95.3. The predicted octanol–water partition coefficient (Wildman–Crippen LogP) is 22.1. The number of rotatable bonds is 56. The molecule has 0 aliphatic rings. The molecule has 0 saturated carbocycles. The van der Waals surface area contributed by atoms with Crippen molar-refractivity contribution in [1.82, 2.24) is 0 Å². The number of hydrogen-bond donors (Lipinski definition) is 0. The fourth-order valence-corrected chi connectivity index (χ4v) is 8.27. The van der Waals surface area contributed by atoms with Crippen molar-refractivity contribution in [3.8, 4) is 0 Å². The molecule has 0 spiro atoms. The summed E-state index contributed by atoms with van der Waals surface area (Å²) >= 11 is 0. The summed E-state index contributed by atoms with van der Waals surface area (Å²) in [5.41, 5.74) is 0. The second-order valence-corrected chi connectivity index (χ2v) is 20.5. The summed E-state index contributed by atoms with van der Waals surface area (Å²) in [5.74, 6) is -0.972. The lowest BCUT2D eigenvalue weighted by Gasteiger charge is -2.18. The highest BCUT2D eigenvalue weighted by Crippen LogP contribution is 2.14. The number of ether oxygens (including phenoxy) is 3. The predicted molar refractivity (Wildman–Crippen MR) is 343 cm³/mol. The van der Waals surface area contributed by atoms with Crippen molar-refractivity contribution in [3.05, 3.63) is 158 Å². The van der Waals surface area contributed by atoms with Gasteiger partial charge in [0.1, 0.15) is 13.2 Å². The molecular weight excluding hydrogens is 973 g/mol. The number of unbranched alkanes of at least 4 members (excludes halogenated alkanes) is 19. The molecule has 6 heteroatoms. The van der Waals surface area contributed by atoms with Crippen LogP contribution in [0.4, 0.5) is 0 Å². The van der Waals surface area contributed by atoms with E-state index in [1.54, 1.807) is 0 Å². The fraction of sp³-hybridized carbons (Fsp3) is 0.603. The van der Waals surface area contributed by atoms with Gasteiger partial charge >= 0.3 is 17.9 Å². The summed E-state index contributed by atoms with van der Waals surface area (Å²) < 4.78 is 16.9. The normalized spacial score (nSPS) is 13.2.